The quantitative estimate of drug-likeness (QED) is 0.662. The van der Waals surface area contributed by atoms with Gasteiger partial charge in [0, 0.05) is 0 Å². The highest BCUT2D eigenvalue weighted by Crippen LogP contribution is 2.78. The van der Waals surface area contributed by atoms with Crippen molar-refractivity contribution in [1.82, 2.24) is 0 Å². The largest absolute Gasteiger partial charge is 0.0622 e. The monoisotopic (exact) mass is 216 g/mol. The normalized spacial score (nSPS) is 29.5. The summed E-state index contributed by atoms with van der Waals surface area (Å²) in [6, 6.07) is 10.5. The maximum absolute atomic E-state index is 2.35. The van der Waals surface area contributed by atoms with Crippen molar-refractivity contribution in [1.29, 1.82) is 0 Å². The number of benzene rings is 1. The van der Waals surface area contributed by atoms with Crippen molar-refractivity contribution in [3.63, 3.8) is 0 Å². The molecule has 3 rings (SSSR count). The number of hydrogen-bond donors (Lipinski definition) is 0. The van der Waals surface area contributed by atoms with Gasteiger partial charge in [-0.15, -0.1) is 0 Å². The molecular formula is C16H24. The van der Waals surface area contributed by atoms with Gasteiger partial charge >= 0.3 is 0 Å². The topological polar surface area (TPSA) is 0 Å². The van der Waals surface area contributed by atoms with E-state index < -0.39 is 0 Å². The number of rotatable bonds is 2. The van der Waals surface area contributed by atoms with E-state index in [-0.39, 0.29) is 0 Å². The average Bonchev–Trinajstić information content (AvgIpc) is 3.07. The Morgan fingerprint density at radius 1 is 1.00 bits per heavy atom. The molecule has 0 amide bonds. The van der Waals surface area contributed by atoms with Crippen LogP contribution >= 0.6 is 0 Å². The first-order chi connectivity index (χ1) is 7.56. The third kappa shape index (κ3) is 2.31. The van der Waals surface area contributed by atoms with Gasteiger partial charge in [0.2, 0.25) is 0 Å². The molecule has 0 N–H and O–H groups in total. The van der Waals surface area contributed by atoms with E-state index >= 15 is 0 Å². The molecule has 2 fully saturated rings. The molecule has 16 heavy (non-hydrogen) atoms. The lowest BCUT2D eigenvalue weighted by Gasteiger charge is -2.04. The van der Waals surface area contributed by atoms with Crippen LogP contribution in [0.2, 0.25) is 0 Å². The molecule has 0 bridgehead atoms. The molecule has 0 heteroatoms. The van der Waals surface area contributed by atoms with Crippen LogP contribution in [0.3, 0.4) is 0 Å². The summed E-state index contributed by atoms with van der Waals surface area (Å²) in [5.41, 5.74) is 2.33. The molecule has 0 saturated heterocycles. The summed E-state index contributed by atoms with van der Waals surface area (Å²) in [6.07, 6.45) is 3.12. The van der Waals surface area contributed by atoms with Crippen LogP contribution in [0, 0.1) is 17.3 Å². The summed E-state index contributed by atoms with van der Waals surface area (Å²) in [5.74, 6) is 2.83. The van der Waals surface area contributed by atoms with Gasteiger partial charge in [-0.3, -0.25) is 0 Å². The maximum atomic E-state index is 2.35. The van der Waals surface area contributed by atoms with Crippen molar-refractivity contribution < 1.29 is 0 Å². The summed E-state index contributed by atoms with van der Waals surface area (Å²) < 4.78 is 0. The van der Waals surface area contributed by atoms with Crippen molar-refractivity contribution in [3.8, 4) is 0 Å². The second kappa shape index (κ2) is 4.24. The van der Waals surface area contributed by atoms with Crippen LogP contribution in [0.5, 0.6) is 0 Å². The zero-order chi connectivity index (χ0) is 11.8. The maximum Gasteiger partial charge on any atom is -0.0219 e. The molecule has 2 saturated carbocycles. The summed E-state index contributed by atoms with van der Waals surface area (Å²) in [4.78, 5) is 0. The van der Waals surface area contributed by atoms with Crippen molar-refractivity contribution in [2.24, 2.45) is 17.3 Å². The third-order valence-electron chi connectivity index (χ3n) is 4.36. The summed E-state index contributed by atoms with van der Waals surface area (Å²) in [7, 11) is 0. The van der Waals surface area contributed by atoms with Gasteiger partial charge in [-0.05, 0) is 41.6 Å². The van der Waals surface area contributed by atoms with Crippen LogP contribution in [-0.4, -0.2) is 0 Å². The Balaban J connectivity index is 0.000000123. The molecule has 0 atom stereocenters. The van der Waals surface area contributed by atoms with Gasteiger partial charge < -0.3 is 0 Å². The Hall–Kier alpha value is -0.780. The van der Waals surface area contributed by atoms with Gasteiger partial charge in [-0.2, -0.15) is 0 Å². The van der Waals surface area contributed by atoms with Crippen LogP contribution in [0.25, 0.3) is 0 Å². The van der Waals surface area contributed by atoms with E-state index in [0.717, 1.165) is 11.3 Å². The van der Waals surface area contributed by atoms with Gasteiger partial charge in [-0.25, -0.2) is 0 Å². The van der Waals surface area contributed by atoms with Gasteiger partial charge in [-0.1, -0.05) is 58.0 Å². The minimum Gasteiger partial charge on any atom is -0.0622 e. The Labute approximate surface area is 100 Å². The molecule has 0 unspecified atom stereocenters. The molecule has 0 nitrogen and oxygen atoms in total. The van der Waals surface area contributed by atoms with Crippen molar-refractivity contribution in [3.05, 3.63) is 35.9 Å². The molecule has 1 aromatic rings. The van der Waals surface area contributed by atoms with Gasteiger partial charge in [0.05, 0.1) is 0 Å². The van der Waals surface area contributed by atoms with Gasteiger partial charge in [0.15, 0.2) is 0 Å². The molecule has 1 aromatic carbocycles. The zero-order valence-electron chi connectivity index (χ0n) is 11.0. The lowest BCUT2D eigenvalue weighted by Crippen LogP contribution is -1.95. The lowest BCUT2D eigenvalue weighted by atomic mass is 10.0. The van der Waals surface area contributed by atoms with Crippen LogP contribution in [0.4, 0.5) is 0 Å². The highest BCUT2D eigenvalue weighted by atomic mass is 14.7. The minimum absolute atomic E-state index is 0.659. The molecule has 0 aliphatic heterocycles. The van der Waals surface area contributed by atoms with Crippen molar-refractivity contribution in [2.75, 3.05) is 0 Å². The van der Waals surface area contributed by atoms with E-state index in [9.17, 15) is 0 Å². The molecule has 0 spiro atoms. The van der Waals surface area contributed by atoms with Crippen molar-refractivity contribution >= 4 is 0 Å². The van der Waals surface area contributed by atoms with Crippen LogP contribution < -0.4 is 0 Å². The molecule has 0 radical (unpaired) electrons. The SMILES string of the molecule is CC(C)C12CC1C2.CC(C)c1ccccc1. The Morgan fingerprint density at radius 3 is 1.69 bits per heavy atom. The first-order valence-electron chi connectivity index (χ1n) is 6.61. The average molecular weight is 216 g/mol. The molecule has 0 aromatic heterocycles. The highest BCUT2D eigenvalue weighted by Gasteiger charge is 2.70. The minimum atomic E-state index is 0.659. The highest BCUT2D eigenvalue weighted by molar-refractivity contribution is 5.19. The Bertz CT molecular complexity index is 328. The second-order valence-corrected chi connectivity index (χ2v) is 6.06. The Morgan fingerprint density at radius 2 is 1.50 bits per heavy atom. The third-order valence-corrected chi connectivity index (χ3v) is 4.36. The predicted molar refractivity (Wildman–Crippen MR) is 70.5 cm³/mol. The van der Waals surface area contributed by atoms with E-state index in [2.05, 4.69) is 52.0 Å². The first kappa shape index (κ1) is 11.7. The predicted octanol–water partition coefficient (Wildman–Crippen LogP) is 4.86. The first-order valence-corrected chi connectivity index (χ1v) is 6.61. The van der Waals surface area contributed by atoms with E-state index in [1.54, 1.807) is 12.8 Å². The van der Waals surface area contributed by atoms with Crippen LogP contribution in [0.15, 0.2) is 30.3 Å². The van der Waals surface area contributed by atoms with E-state index in [1.165, 1.54) is 11.5 Å². The lowest BCUT2D eigenvalue weighted by molar-refractivity contribution is 0.457. The number of hydrogen-bond acceptors (Lipinski definition) is 0. The van der Waals surface area contributed by atoms with Gasteiger partial charge in [0.1, 0.15) is 0 Å². The summed E-state index contributed by atoms with van der Waals surface area (Å²) in [5, 5.41) is 0. The van der Waals surface area contributed by atoms with E-state index in [4.69, 9.17) is 0 Å². The summed E-state index contributed by atoms with van der Waals surface area (Å²) >= 11 is 0. The molecule has 88 valence electrons. The molecule has 2 aliphatic rings. The van der Waals surface area contributed by atoms with Crippen LogP contribution in [-0.2, 0) is 0 Å². The second-order valence-electron chi connectivity index (χ2n) is 6.06. The van der Waals surface area contributed by atoms with Crippen molar-refractivity contribution in [2.45, 2.75) is 46.5 Å². The molecular weight excluding hydrogens is 192 g/mol. The summed E-state index contributed by atoms with van der Waals surface area (Å²) in [6.45, 7) is 9.12. The fourth-order valence-corrected chi connectivity index (χ4v) is 2.52. The molecule has 2 aliphatic carbocycles. The molecule has 0 heterocycles. The zero-order valence-corrected chi connectivity index (χ0v) is 11.0. The number of fused-ring (bicyclic) bond motifs is 1. The van der Waals surface area contributed by atoms with E-state index in [0.29, 0.717) is 5.92 Å². The fraction of sp³-hybridized carbons (Fsp3) is 0.625. The Kier molecular flexibility index (Phi) is 3.10. The fourth-order valence-electron chi connectivity index (χ4n) is 2.52. The smallest absolute Gasteiger partial charge is 0.0219 e. The standard InChI is InChI=1S/C9H12.C7H12/c1-8(2)9-6-4-3-5-7-9;1-5(2)7-3-6(7)4-7/h3-8H,1-2H3;5-6H,3-4H2,1-2H3. The van der Waals surface area contributed by atoms with Gasteiger partial charge in [0.25, 0.3) is 0 Å². The van der Waals surface area contributed by atoms with Crippen LogP contribution in [0.1, 0.15) is 52.0 Å². The van der Waals surface area contributed by atoms with E-state index in [1.807, 2.05) is 6.07 Å².